The Morgan fingerprint density at radius 1 is 1.12 bits per heavy atom. The highest BCUT2D eigenvalue weighted by Crippen LogP contribution is 2.23. The fourth-order valence-electron chi connectivity index (χ4n) is 3.10. The second-order valence-electron chi connectivity index (χ2n) is 6.50. The predicted octanol–water partition coefficient (Wildman–Crippen LogP) is 3.67. The SMILES string of the molecule is O=C(NCC(O)c1ccc(F)cc1)Nc1cccc(N2CCCCC2)c1. The van der Waals surface area contributed by atoms with Gasteiger partial charge in [0.15, 0.2) is 0 Å². The van der Waals surface area contributed by atoms with Gasteiger partial charge in [0.1, 0.15) is 5.82 Å². The highest BCUT2D eigenvalue weighted by molar-refractivity contribution is 5.89. The number of nitrogens with one attached hydrogen (secondary N) is 2. The summed E-state index contributed by atoms with van der Waals surface area (Å²) in [5.41, 5.74) is 2.37. The number of rotatable bonds is 5. The van der Waals surface area contributed by atoms with Gasteiger partial charge in [-0.2, -0.15) is 0 Å². The van der Waals surface area contributed by atoms with Crippen LogP contribution in [0.15, 0.2) is 48.5 Å². The van der Waals surface area contributed by atoms with Gasteiger partial charge in [-0.25, -0.2) is 9.18 Å². The lowest BCUT2D eigenvalue weighted by molar-refractivity contribution is 0.175. The number of piperidine rings is 1. The van der Waals surface area contributed by atoms with Crippen molar-refractivity contribution < 1.29 is 14.3 Å². The number of benzene rings is 2. The average molecular weight is 357 g/mol. The largest absolute Gasteiger partial charge is 0.387 e. The predicted molar refractivity (Wildman–Crippen MR) is 101 cm³/mol. The van der Waals surface area contributed by atoms with Crippen LogP contribution in [-0.4, -0.2) is 30.8 Å². The number of anilines is 2. The average Bonchev–Trinajstić information content (AvgIpc) is 2.67. The van der Waals surface area contributed by atoms with Crippen molar-refractivity contribution in [1.29, 1.82) is 0 Å². The summed E-state index contributed by atoms with van der Waals surface area (Å²) in [7, 11) is 0. The van der Waals surface area contributed by atoms with Gasteiger partial charge < -0.3 is 20.6 Å². The highest BCUT2D eigenvalue weighted by atomic mass is 19.1. The van der Waals surface area contributed by atoms with Crippen LogP contribution in [0.5, 0.6) is 0 Å². The normalized spacial score (nSPS) is 15.4. The fraction of sp³-hybridized carbons (Fsp3) is 0.350. The molecule has 0 spiro atoms. The molecule has 26 heavy (non-hydrogen) atoms. The second-order valence-corrected chi connectivity index (χ2v) is 6.50. The highest BCUT2D eigenvalue weighted by Gasteiger charge is 2.13. The first kappa shape index (κ1) is 18.2. The van der Waals surface area contributed by atoms with Crippen molar-refractivity contribution in [3.8, 4) is 0 Å². The molecule has 6 heteroatoms. The van der Waals surface area contributed by atoms with Crippen LogP contribution in [0.3, 0.4) is 0 Å². The number of aliphatic hydroxyl groups is 1. The molecule has 3 N–H and O–H groups in total. The van der Waals surface area contributed by atoms with Crippen molar-refractivity contribution in [2.75, 3.05) is 29.9 Å². The van der Waals surface area contributed by atoms with Crippen LogP contribution < -0.4 is 15.5 Å². The van der Waals surface area contributed by atoms with Crippen LogP contribution in [0.1, 0.15) is 30.9 Å². The van der Waals surface area contributed by atoms with Gasteiger partial charge in [0.25, 0.3) is 0 Å². The third-order valence-electron chi connectivity index (χ3n) is 4.54. The van der Waals surface area contributed by atoms with E-state index in [1.807, 2.05) is 24.3 Å². The van der Waals surface area contributed by atoms with Crippen LogP contribution in [0.25, 0.3) is 0 Å². The fourth-order valence-corrected chi connectivity index (χ4v) is 3.10. The van der Waals surface area contributed by atoms with Crippen molar-refractivity contribution in [2.24, 2.45) is 0 Å². The van der Waals surface area contributed by atoms with Crippen molar-refractivity contribution in [2.45, 2.75) is 25.4 Å². The van der Waals surface area contributed by atoms with Gasteiger partial charge >= 0.3 is 6.03 Å². The molecule has 1 aliphatic rings. The molecule has 0 radical (unpaired) electrons. The maximum absolute atomic E-state index is 12.9. The number of aliphatic hydroxyl groups excluding tert-OH is 1. The van der Waals surface area contributed by atoms with Gasteiger partial charge in [0.05, 0.1) is 6.10 Å². The first-order valence-electron chi connectivity index (χ1n) is 8.95. The summed E-state index contributed by atoms with van der Waals surface area (Å²) in [5.74, 6) is -0.361. The number of amides is 2. The Labute approximate surface area is 152 Å². The van der Waals surface area contributed by atoms with Crippen LogP contribution in [0.2, 0.25) is 0 Å². The van der Waals surface area contributed by atoms with Gasteiger partial charge in [-0.1, -0.05) is 18.2 Å². The molecule has 0 bridgehead atoms. The Bertz CT molecular complexity index is 730. The molecule has 138 valence electrons. The Morgan fingerprint density at radius 3 is 2.58 bits per heavy atom. The van der Waals surface area contributed by atoms with Crippen molar-refractivity contribution in [1.82, 2.24) is 5.32 Å². The molecule has 2 aromatic rings. The summed E-state index contributed by atoms with van der Waals surface area (Å²) in [6.45, 7) is 2.13. The van der Waals surface area contributed by atoms with E-state index >= 15 is 0 Å². The standard InChI is InChI=1S/C20H24FN3O2/c21-16-9-7-15(8-10-16)19(25)14-22-20(26)23-17-5-4-6-18(13-17)24-11-2-1-3-12-24/h4-10,13,19,25H,1-3,11-12,14H2,(H2,22,23,26). The third kappa shape index (κ3) is 4.95. The summed E-state index contributed by atoms with van der Waals surface area (Å²) in [4.78, 5) is 14.4. The lowest BCUT2D eigenvalue weighted by atomic mass is 10.1. The van der Waals surface area contributed by atoms with Gasteiger partial charge in [-0.3, -0.25) is 0 Å². The number of nitrogens with zero attached hydrogens (tertiary/aromatic N) is 1. The van der Waals surface area contributed by atoms with Crippen LogP contribution in [0.4, 0.5) is 20.6 Å². The third-order valence-corrected chi connectivity index (χ3v) is 4.54. The minimum Gasteiger partial charge on any atom is -0.387 e. The monoisotopic (exact) mass is 357 g/mol. The molecule has 0 aromatic heterocycles. The van der Waals surface area contributed by atoms with E-state index in [0.717, 1.165) is 18.8 Å². The van der Waals surface area contributed by atoms with Crippen molar-refractivity contribution >= 4 is 17.4 Å². The van der Waals surface area contributed by atoms with Crippen LogP contribution in [0, 0.1) is 5.82 Å². The zero-order valence-corrected chi connectivity index (χ0v) is 14.6. The minimum absolute atomic E-state index is 0.0449. The van der Waals surface area contributed by atoms with E-state index in [4.69, 9.17) is 0 Å². The number of carbonyl (C=O) groups excluding carboxylic acids is 1. The zero-order valence-electron chi connectivity index (χ0n) is 14.6. The molecule has 0 aliphatic carbocycles. The van der Waals surface area contributed by atoms with E-state index in [1.165, 1.54) is 43.5 Å². The number of hydrogen-bond donors (Lipinski definition) is 3. The summed E-state index contributed by atoms with van der Waals surface area (Å²) in [6, 6.07) is 12.9. The van der Waals surface area contributed by atoms with E-state index in [9.17, 15) is 14.3 Å². The van der Waals surface area contributed by atoms with E-state index in [-0.39, 0.29) is 18.4 Å². The summed E-state index contributed by atoms with van der Waals surface area (Å²) < 4.78 is 12.9. The molecule has 1 atom stereocenters. The Kier molecular flexibility index (Phi) is 6.07. The molecule has 2 aromatic carbocycles. The van der Waals surface area contributed by atoms with Gasteiger partial charge in [0.2, 0.25) is 0 Å². The van der Waals surface area contributed by atoms with E-state index < -0.39 is 6.10 Å². The first-order chi connectivity index (χ1) is 12.6. The Morgan fingerprint density at radius 2 is 1.85 bits per heavy atom. The molecule has 1 aliphatic heterocycles. The maximum atomic E-state index is 12.9. The summed E-state index contributed by atoms with van der Waals surface area (Å²) in [6.07, 6.45) is 2.77. The lowest BCUT2D eigenvalue weighted by Crippen LogP contribution is -2.32. The smallest absolute Gasteiger partial charge is 0.319 e. The van der Waals surface area contributed by atoms with Gasteiger partial charge in [-0.05, 0) is 55.2 Å². The molecule has 1 heterocycles. The molecular formula is C20H24FN3O2. The van der Waals surface area contributed by atoms with E-state index in [0.29, 0.717) is 11.3 Å². The molecule has 1 unspecified atom stereocenters. The molecule has 2 amide bonds. The molecule has 3 rings (SSSR count). The summed E-state index contributed by atoms with van der Waals surface area (Å²) >= 11 is 0. The second kappa shape index (κ2) is 8.67. The topological polar surface area (TPSA) is 64.6 Å². The van der Waals surface area contributed by atoms with Gasteiger partial charge in [-0.15, -0.1) is 0 Å². The number of hydrogen-bond acceptors (Lipinski definition) is 3. The molecular weight excluding hydrogens is 333 g/mol. The Hall–Kier alpha value is -2.60. The first-order valence-corrected chi connectivity index (χ1v) is 8.95. The summed E-state index contributed by atoms with van der Waals surface area (Å²) in [5, 5.41) is 15.5. The quantitative estimate of drug-likeness (QED) is 0.765. The molecule has 1 saturated heterocycles. The maximum Gasteiger partial charge on any atom is 0.319 e. The number of urea groups is 1. The minimum atomic E-state index is -0.888. The van der Waals surface area contributed by atoms with Crippen LogP contribution >= 0.6 is 0 Å². The van der Waals surface area contributed by atoms with E-state index in [1.54, 1.807) is 0 Å². The molecule has 5 nitrogen and oxygen atoms in total. The Balaban J connectivity index is 1.52. The van der Waals surface area contributed by atoms with Crippen molar-refractivity contribution in [3.63, 3.8) is 0 Å². The molecule has 1 fully saturated rings. The lowest BCUT2D eigenvalue weighted by Gasteiger charge is -2.29. The number of carbonyl (C=O) groups is 1. The van der Waals surface area contributed by atoms with Gasteiger partial charge in [0, 0.05) is 31.0 Å². The van der Waals surface area contributed by atoms with E-state index in [2.05, 4.69) is 15.5 Å². The number of halogens is 1. The zero-order chi connectivity index (χ0) is 18.4. The molecule has 0 saturated carbocycles. The van der Waals surface area contributed by atoms with Crippen molar-refractivity contribution in [3.05, 3.63) is 59.9 Å². The van der Waals surface area contributed by atoms with Crippen LogP contribution in [-0.2, 0) is 0 Å².